The molecule has 20 heavy (non-hydrogen) atoms. The zero-order valence-electron chi connectivity index (χ0n) is 12.5. The largest absolute Gasteiger partial charge is 0.466 e. The molecule has 2 aromatic rings. The van der Waals surface area contributed by atoms with E-state index in [1.165, 1.54) is 0 Å². The molecular weight excluding hydrogens is 256 g/mol. The van der Waals surface area contributed by atoms with Gasteiger partial charge in [0.05, 0.1) is 12.6 Å². The van der Waals surface area contributed by atoms with Gasteiger partial charge in [-0.2, -0.15) is 0 Å². The molecule has 0 saturated heterocycles. The Bertz CT molecular complexity index is 547. The molecule has 0 fully saturated rings. The molecule has 2 N–H and O–H groups in total. The second kappa shape index (κ2) is 6.56. The molecule has 2 heterocycles. The molecule has 0 spiro atoms. The SMILES string of the molecule is CCCNCc1nnc(NC(C)c2cc(C)oc2C)o1. The van der Waals surface area contributed by atoms with Crippen molar-refractivity contribution in [2.75, 3.05) is 11.9 Å². The number of aryl methyl sites for hydroxylation is 2. The van der Waals surface area contributed by atoms with Crippen LogP contribution in [-0.4, -0.2) is 16.7 Å². The average molecular weight is 278 g/mol. The van der Waals surface area contributed by atoms with Gasteiger partial charge in [0.1, 0.15) is 11.5 Å². The maximum absolute atomic E-state index is 5.54. The fourth-order valence-electron chi connectivity index (χ4n) is 2.10. The van der Waals surface area contributed by atoms with Crippen molar-refractivity contribution >= 4 is 6.01 Å². The molecule has 110 valence electrons. The first kappa shape index (κ1) is 14.6. The standard InChI is InChI=1S/C14H22N4O2/c1-5-6-15-8-13-17-18-14(20-13)16-10(3)12-7-9(2)19-11(12)4/h7,10,15H,5-6,8H2,1-4H3,(H,16,18). The second-order valence-electron chi connectivity index (χ2n) is 4.91. The van der Waals surface area contributed by atoms with Crippen molar-refractivity contribution < 1.29 is 8.83 Å². The van der Waals surface area contributed by atoms with Crippen LogP contribution in [0.4, 0.5) is 6.01 Å². The Labute approximate surface area is 119 Å². The normalized spacial score (nSPS) is 12.6. The summed E-state index contributed by atoms with van der Waals surface area (Å²) in [5.41, 5.74) is 1.10. The highest BCUT2D eigenvalue weighted by molar-refractivity contribution is 5.31. The van der Waals surface area contributed by atoms with E-state index < -0.39 is 0 Å². The van der Waals surface area contributed by atoms with Crippen LogP contribution in [-0.2, 0) is 6.54 Å². The molecule has 0 aliphatic rings. The first-order chi connectivity index (χ1) is 9.60. The molecule has 0 aliphatic heterocycles. The van der Waals surface area contributed by atoms with Crippen molar-refractivity contribution in [3.63, 3.8) is 0 Å². The van der Waals surface area contributed by atoms with Gasteiger partial charge in [0, 0.05) is 5.56 Å². The number of hydrogen-bond acceptors (Lipinski definition) is 6. The van der Waals surface area contributed by atoms with Crippen molar-refractivity contribution in [2.45, 2.75) is 46.7 Å². The zero-order chi connectivity index (χ0) is 14.5. The van der Waals surface area contributed by atoms with Gasteiger partial charge in [-0.05, 0) is 39.8 Å². The molecule has 0 aliphatic carbocycles. The lowest BCUT2D eigenvalue weighted by Crippen LogP contribution is -2.13. The number of hydrogen-bond donors (Lipinski definition) is 2. The molecule has 0 radical (unpaired) electrons. The van der Waals surface area contributed by atoms with Crippen LogP contribution in [0.25, 0.3) is 0 Å². The first-order valence-electron chi connectivity index (χ1n) is 6.96. The molecule has 0 aromatic carbocycles. The Morgan fingerprint density at radius 2 is 2.05 bits per heavy atom. The number of furan rings is 1. The molecule has 1 atom stereocenters. The minimum Gasteiger partial charge on any atom is -0.466 e. The lowest BCUT2D eigenvalue weighted by molar-refractivity contribution is 0.473. The van der Waals surface area contributed by atoms with Gasteiger partial charge in [-0.15, -0.1) is 5.10 Å². The number of rotatable bonds is 7. The van der Waals surface area contributed by atoms with Crippen LogP contribution in [0.15, 0.2) is 14.9 Å². The average Bonchev–Trinajstić information content (AvgIpc) is 2.96. The van der Waals surface area contributed by atoms with Gasteiger partial charge >= 0.3 is 6.01 Å². The van der Waals surface area contributed by atoms with E-state index in [0.29, 0.717) is 18.5 Å². The summed E-state index contributed by atoms with van der Waals surface area (Å²) in [6, 6.07) is 2.51. The quantitative estimate of drug-likeness (QED) is 0.758. The van der Waals surface area contributed by atoms with Gasteiger partial charge in [-0.3, -0.25) is 0 Å². The van der Waals surface area contributed by atoms with Crippen LogP contribution in [0.5, 0.6) is 0 Å². The molecule has 0 saturated carbocycles. The Morgan fingerprint density at radius 1 is 1.25 bits per heavy atom. The third-order valence-electron chi connectivity index (χ3n) is 3.06. The van der Waals surface area contributed by atoms with Crippen LogP contribution >= 0.6 is 0 Å². The number of aromatic nitrogens is 2. The van der Waals surface area contributed by atoms with Gasteiger partial charge in [0.2, 0.25) is 5.89 Å². The molecular formula is C14H22N4O2. The number of nitrogens with one attached hydrogen (secondary N) is 2. The van der Waals surface area contributed by atoms with Gasteiger partial charge in [-0.1, -0.05) is 12.0 Å². The molecule has 6 nitrogen and oxygen atoms in total. The maximum Gasteiger partial charge on any atom is 0.315 e. The van der Waals surface area contributed by atoms with E-state index >= 15 is 0 Å². The molecule has 2 rings (SSSR count). The van der Waals surface area contributed by atoms with E-state index in [1.807, 2.05) is 26.8 Å². The van der Waals surface area contributed by atoms with Crippen LogP contribution in [0.2, 0.25) is 0 Å². The lowest BCUT2D eigenvalue weighted by atomic mass is 10.1. The van der Waals surface area contributed by atoms with Crippen molar-refractivity contribution in [3.05, 3.63) is 29.0 Å². The van der Waals surface area contributed by atoms with Crippen molar-refractivity contribution in [3.8, 4) is 0 Å². The van der Waals surface area contributed by atoms with Crippen molar-refractivity contribution in [1.82, 2.24) is 15.5 Å². The second-order valence-corrected chi connectivity index (χ2v) is 4.91. The van der Waals surface area contributed by atoms with E-state index in [2.05, 4.69) is 27.8 Å². The minimum absolute atomic E-state index is 0.0596. The van der Waals surface area contributed by atoms with Crippen LogP contribution in [0, 0.1) is 13.8 Å². The monoisotopic (exact) mass is 278 g/mol. The summed E-state index contributed by atoms with van der Waals surface area (Å²) in [4.78, 5) is 0. The van der Waals surface area contributed by atoms with Gasteiger partial charge < -0.3 is 19.5 Å². The summed E-state index contributed by atoms with van der Waals surface area (Å²) < 4.78 is 11.1. The van der Waals surface area contributed by atoms with Gasteiger partial charge in [0.25, 0.3) is 0 Å². The summed E-state index contributed by atoms with van der Waals surface area (Å²) in [5, 5.41) is 14.4. The first-order valence-corrected chi connectivity index (χ1v) is 6.96. The molecule has 0 bridgehead atoms. The molecule has 6 heteroatoms. The van der Waals surface area contributed by atoms with E-state index in [9.17, 15) is 0 Å². The summed E-state index contributed by atoms with van der Waals surface area (Å²) >= 11 is 0. The summed E-state index contributed by atoms with van der Waals surface area (Å²) in [6.45, 7) is 9.58. The number of nitrogens with zero attached hydrogens (tertiary/aromatic N) is 2. The Morgan fingerprint density at radius 3 is 2.70 bits per heavy atom. The highest BCUT2D eigenvalue weighted by Crippen LogP contribution is 2.24. The molecule has 2 aromatic heterocycles. The highest BCUT2D eigenvalue weighted by Gasteiger charge is 2.15. The maximum atomic E-state index is 5.54. The smallest absolute Gasteiger partial charge is 0.315 e. The zero-order valence-corrected chi connectivity index (χ0v) is 12.5. The predicted molar refractivity (Wildman–Crippen MR) is 76.5 cm³/mol. The van der Waals surface area contributed by atoms with Crippen LogP contribution < -0.4 is 10.6 Å². The predicted octanol–water partition coefficient (Wildman–Crippen LogP) is 2.95. The lowest BCUT2D eigenvalue weighted by Gasteiger charge is -2.10. The van der Waals surface area contributed by atoms with Crippen LogP contribution in [0.1, 0.15) is 49.3 Å². The third-order valence-corrected chi connectivity index (χ3v) is 3.06. The minimum atomic E-state index is 0.0596. The fourth-order valence-corrected chi connectivity index (χ4v) is 2.10. The third kappa shape index (κ3) is 3.60. The number of anilines is 1. The molecule has 0 amide bonds. The Balaban J connectivity index is 1.94. The molecule has 1 unspecified atom stereocenters. The fraction of sp³-hybridized carbons (Fsp3) is 0.571. The summed E-state index contributed by atoms with van der Waals surface area (Å²) in [6.07, 6.45) is 1.08. The van der Waals surface area contributed by atoms with Crippen LogP contribution in [0.3, 0.4) is 0 Å². The van der Waals surface area contributed by atoms with Gasteiger partial charge in [0.15, 0.2) is 0 Å². The van der Waals surface area contributed by atoms with Crippen molar-refractivity contribution in [1.29, 1.82) is 0 Å². The highest BCUT2D eigenvalue weighted by atomic mass is 16.4. The van der Waals surface area contributed by atoms with Gasteiger partial charge in [-0.25, -0.2) is 0 Å². The van der Waals surface area contributed by atoms with E-state index in [0.717, 1.165) is 30.0 Å². The topological polar surface area (TPSA) is 76.1 Å². The van der Waals surface area contributed by atoms with E-state index in [1.54, 1.807) is 0 Å². The summed E-state index contributed by atoms with van der Waals surface area (Å²) in [7, 11) is 0. The van der Waals surface area contributed by atoms with E-state index in [4.69, 9.17) is 8.83 Å². The van der Waals surface area contributed by atoms with Crippen molar-refractivity contribution in [2.24, 2.45) is 0 Å². The Hall–Kier alpha value is -1.82. The summed E-state index contributed by atoms with van der Waals surface area (Å²) in [5.74, 6) is 2.40. The Kier molecular flexibility index (Phi) is 4.79. The van der Waals surface area contributed by atoms with E-state index in [-0.39, 0.29) is 6.04 Å².